The van der Waals surface area contributed by atoms with E-state index in [4.69, 9.17) is 0 Å². The molecule has 0 spiro atoms. The molecule has 1 atom stereocenters. The normalized spacial score (nSPS) is 32.2. The first-order valence-corrected chi connectivity index (χ1v) is 6.71. The molecule has 0 saturated carbocycles. The van der Waals surface area contributed by atoms with Crippen LogP contribution in [-0.2, 0) is 9.84 Å². The van der Waals surface area contributed by atoms with Gasteiger partial charge in [-0.25, -0.2) is 8.42 Å². The van der Waals surface area contributed by atoms with Crippen LogP contribution in [0.25, 0.3) is 0 Å². The minimum atomic E-state index is -2.74. The molecule has 1 saturated heterocycles. The molecule has 78 valence electrons. The molecule has 0 radical (unpaired) electrons. The molecule has 1 unspecified atom stereocenters. The fourth-order valence-corrected chi connectivity index (χ4v) is 4.53. The van der Waals surface area contributed by atoms with Crippen LogP contribution in [0.3, 0.4) is 0 Å². The Bertz CT molecular complexity index is 253. The molecule has 1 fully saturated rings. The van der Waals surface area contributed by atoms with Crippen LogP contribution in [0.5, 0.6) is 0 Å². The van der Waals surface area contributed by atoms with Crippen molar-refractivity contribution in [2.75, 3.05) is 25.1 Å². The Balaban J connectivity index is 2.71. The summed E-state index contributed by atoms with van der Waals surface area (Å²) in [6, 6.07) is 0. The van der Waals surface area contributed by atoms with Crippen molar-refractivity contribution in [1.82, 2.24) is 5.32 Å². The minimum absolute atomic E-state index is 0.0301. The zero-order valence-electron chi connectivity index (χ0n) is 8.47. The maximum atomic E-state index is 11.4. The first-order chi connectivity index (χ1) is 6.04. The maximum Gasteiger partial charge on any atom is 0.150 e. The number of hydrogen-bond donors (Lipinski definition) is 1. The van der Waals surface area contributed by atoms with Gasteiger partial charge in [-0.1, -0.05) is 13.3 Å². The van der Waals surface area contributed by atoms with Crippen LogP contribution in [0.2, 0.25) is 0 Å². The lowest BCUT2D eigenvalue weighted by Gasteiger charge is -2.26. The van der Waals surface area contributed by atoms with Crippen molar-refractivity contribution in [1.29, 1.82) is 0 Å². The second-order valence-electron chi connectivity index (χ2n) is 4.12. The third-order valence-corrected chi connectivity index (χ3v) is 4.68. The Hall–Kier alpha value is -0.0900. The van der Waals surface area contributed by atoms with Gasteiger partial charge in [0.05, 0.1) is 11.5 Å². The summed E-state index contributed by atoms with van der Waals surface area (Å²) < 4.78 is 22.7. The van der Waals surface area contributed by atoms with Crippen LogP contribution in [0.1, 0.15) is 26.2 Å². The summed E-state index contributed by atoms with van der Waals surface area (Å²) in [6.07, 6.45) is 2.92. The highest BCUT2D eigenvalue weighted by Gasteiger charge is 2.40. The van der Waals surface area contributed by atoms with Gasteiger partial charge in [0, 0.05) is 6.54 Å². The molecule has 1 aliphatic rings. The van der Waals surface area contributed by atoms with E-state index in [1.54, 1.807) is 0 Å². The summed E-state index contributed by atoms with van der Waals surface area (Å²) in [5.74, 6) is 0.767. The molecule has 1 rings (SSSR count). The first kappa shape index (κ1) is 11.0. The Morgan fingerprint density at radius 1 is 1.46 bits per heavy atom. The molecule has 4 heteroatoms. The average Bonchev–Trinajstić information content (AvgIpc) is 2.28. The van der Waals surface area contributed by atoms with Crippen molar-refractivity contribution < 1.29 is 8.42 Å². The summed E-state index contributed by atoms with van der Waals surface area (Å²) >= 11 is 0. The monoisotopic (exact) mass is 205 g/mol. The molecular weight excluding hydrogens is 186 g/mol. The number of sulfone groups is 1. The molecule has 1 heterocycles. The highest BCUT2D eigenvalue weighted by atomic mass is 32.2. The molecular formula is C9H19NO2S. The largest absolute Gasteiger partial charge is 0.319 e. The summed E-state index contributed by atoms with van der Waals surface area (Å²) in [5.41, 5.74) is 0.0301. The van der Waals surface area contributed by atoms with Crippen molar-refractivity contribution in [3.8, 4) is 0 Å². The summed E-state index contributed by atoms with van der Waals surface area (Å²) in [5, 5.41) is 3.11. The Morgan fingerprint density at radius 2 is 2.15 bits per heavy atom. The molecule has 0 aromatic rings. The average molecular weight is 205 g/mol. The van der Waals surface area contributed by atoms with Gasteiger partial charge in [0.15, 0.2) is 9.84 Å². The predicted octanol–water partition coefficient (Wildman–Crippen LogP) is 0.811. The van der Waals surface area contributed by atoms with Gasteiger partial charge in [-0.2, -0.15) is 0 Å². The first-order valence-electron chi connectivity index (χ1n) is 4.89. The number of rotatable bonds is 4. The lowest BCUT2D eigenvalue weighted by molar-refractivity contribution is 0.294. The van der Waals surface area contributed by atoms with E-state index in [9.17, 15) is 8.42 Å². The highest BCUT2D eigenvalue weighted by Crippen LogP contribution is 2.35. The molecule has 0 aromatic carbocycles. The molecule has 0 aromatic heterocycles. The molecule has 1 aliphatic heterocycles. The molecule has 1 N–H and O–H groups in total. The van der Waals surface area contributed by atoms with Crippen molar-refractivity contribution in [3.05, 3.63) is 0 Å². The summed E-state index contributed by atoms with van der Waals surface area (Å²) in [7, 11) is -0.847. The maximum absolute atomic E-state index is 11.4. The SMILES string of the molecule is CCCC1(CNC)CCS(=O)(=O)C1. The van der Waals surface area contributed by atoms with Gasteiger partial charge >= 0.3 is 0 Å². The van der Waals surface area contributed by atoms with E-state index in [0.29, 0.717) is 11.5 Å². The predicted molar refractivity (Wildman–Crippen MR) is 54.5 cm³/mol. The van der Waals surface area contributed by atoms with Crippen molar-refractivity contribution in [2.24, 2.45) is 5.41 Å². The highest BCUT2D eigenvalue weighted by molar-refractivity contribution is 7.91. The molecule has 3 nitrogen and oxygen atoms in total. The fourth-order valence-electron chi connectivity index (χ4n) is 2.31. The molecule has 13 heavy (non-hydrogen) atoms. The smallest absolute Gasteiger partial charge is 0.150 e. The zero-order chi connectivity index (χ0) is 9.95. The van der Waals surface area contributed by atoms with E-state index >= 15 is 0 Å². The second-order valence-corrected chi connectivity index (χ2v) is 6.31. The van der Waals surface area contributed by atoms with Gasteiger partial charge in [-0.05, 0) is 25.3 Å². The van der Waals surface area contributed by atoms with Crippen LogP contribution >= 0.6 is 0 Å². The van der Waals surface area contributed by atoms with E-state index < -0.39 is 9.84 Å². The quantitative estimate of drug-likeness (QED) is 0.739. The number of nitrogens with one attached hydrogen (secondary N) is 1. The third kappa shape index (κ3) is 2.68. The van der Waals surface area contributed by atoms with E-state index in [1.165, 1.54) is 0 Å². The van der Waals surface area contributed by atoms with Crippen LogP contribution in [0.4, 0.5) is 0 Å². The van der Waals surface area contributed by atoms with Crippen LogP contribution in [0, 0.1) is 5.41 Å². The van der Waals surface area contributed by atoms with Crippen molar-refractivity contribution in [2.45, 2.75) is 26.2 Å². The standard InChI is InChI=1S/C9H19NO2S/c1-3-4-9(7-10-2)5-6-13(11,12)8-9/h10H,3-8H2,1-2H3. The summed E-state index contributed by atoms with van der Waals surface area (Å²) in [4.78, 5) is 0. The lowest BCUT2D eigenvalue weighted by Crippen LogP contribution is -2.33. The minimum Gasteiger partial charge on any atom is -0.319 e. The third-order valence-electron chi connectivity index (χ3n) is 2.80. The summed E-state index contributed by atoms with van der Waals surface area (Å²) in [6.45, 7) is 2.95. The van der Waals surface area contributed by atoms with Gasteiger partial charge in [-0.15, -0.1) is 0 Å². The molecule has 0 aliphatic carbocycles. The van der Waals surface area contributed by atoms with E-state index in [2.05, 4.69) is 12.2 Å². The topological polar surface area (TPSA) is 46.2 Å². The Labute approximate surface area is 80.8 Å². The van der Waals surface area contributed by atoms with Crippen LogP contribution in [0.15, 0.2) is 0 Å². The Morgan fingerprint density at radius 3 is 2.54 bits per heavy atom. The Kier molecular flexibility index (Phi) is 3.35. The zero-order valence-corrected chi connectivity index (χ0v) is 9.28. The lowest BCUT2D eigenvalue weighted by atomic mass is 9.83. The second kappa shape index (κ2) is 3.96. The van der Waals surface area contributed by atoms with Gasteiger partial charge in [0.2, 0.25) is 0 Å². The van der Waals surface area contributed by atoms with E-state index in [0.717, 1.165) is 25.8 Å². The van der Waals surface area contributed by atoms with Gasteiger partial charge < -0.3 is 5.32 Å². The molecule has 0 bridgehead atoms. The van der Waals surface area contributed by atoms with Gasteiger partial charge in [0.25, 0.3) is 0 Å². The number of hydrogen-bond acceptors (Lipinski definition) is 3. The van der Waals surface area contributed by atoms with E-state index in [1.807, 2.05) is 7.05 Å². The fraction of sp³-hybridized carbons (Fsp3) is 1.00. The van der Waals surface area contributed by atoms with Crippen LogP contribution in [-0.4, -0.2) is 33.5 Å². The van der Waals surface area contributed by atoms with Crippen LogP contribution < -0.4 is 5.32 Å². The van der Waals surface area contributed by atoms with Gasteiger partial charge in [-0.3, -0.25) is 0 Å². The van der Waals surface area contributed by atoms with Crippen molar-refractivity contribution >= 4 is 9.84 Å². The van der Waals surface area contributed by atoms with Crippen molar-refractivity contribution in [3.63, 3.8) is 0 Å². The van der Waals surface area contributed by atoms with E-state index in [-0.39, 0.29) is 5.41 Å². The molecule has 0 amide bonds. The van der Waals surface area contributed by atoms with Gasteiger partial charge in [0.1, 0.15) is 0 Å².